The molecule has 1 fully saturated rings. The molecule has 0 spiro atoms. The Bertz CT molecular complexity index is 1140. The predicted octanol–water partition coefficient (Wildman–Crippen LogP) is 4.50. The highest BCUT2D eigenvalue weighted by atomic mass is 16.6. The summed E-state index contributed by atoms with van der Waals surface area (Å²) in [6, 6.07) is 1.44. The van der Waals surface area contributed by atoms with Crippen LogP contribution in [0.1, 0.15) is 75.3 Å². The van der Waals surface area contributed by atoms with Crippen LogP contribution < -0.4 is 4.90 Å². The third kappa shape index (κ3) is 5.90. The molecular formula is C26H36N4O5. The fraction of sp³-hybridized carbons (Fsp3) is 0.538. The van der Waals surface area contributed by atoms with Crippen LogP contribution in [-0.4, -0.2) is 56.9 Å². The number of carbonyl (C=O) groups excluding carboxylic acids is 1. The number of ether oxygens (including phenoxy) is 2. The lowest BCUT2D eigenvalue weighted by atomic mass is 9.80. The van der Waals surface area contributed by atoms with Gasteiger partial charge in [0, 0.05) is 24.8 Å². The van der Waals surface area contributed by atoms with Crippen molar-refractivity contribution < 1.29 is 24.2 Å². The Labute approximate surface area is 206 Å². The third-order valence-electron chi connectivity index (χ3n) is 6.10. The van der Waals surface area contributed by atoms with E-state index in [1.165, 1.54) is 10.6 Å². The summed E-state index contributed by atoms with van der Waals surface area (Å²) in [5.41, 5.74) is 0.739. The quantitative estimate of drug-likeness (QED) is 0.431. The molecule has 35 heavy (non-hydrogen) atoms. The van der Waals surface area contributed by atoms with Crippen molar-refractivity contribution in [3.8, 4) is 0 Å². The minimum Gasteiger partial charge on any atom is -0.476 e. The number of esters is 1. The average Bonchev–Trinajstić information content (AvgIpc) is 3.20. The van der Waals surface area contributed by atoms with Gasteiger partial charge < -0.3 is 19.5 Å². The van der Waals surface area contributed by atoms with E-state index < -0.39 is 23.6 Å². The van der Waals surface area contributed by atoms with Crippen LogP contribution in [0.3, 0.4) is 0 Å². The minimum absolute atomic E-state index is 0.00480. The van der Waals surface area contributed by atoms with Gasteiger partial charge in [-0.15, -0.1) is 0 Å². The highest BCUT2D eigenvalue weighted by molar-refractivity contribution is 5.87. The van der Waals surface area contributed by atoms with E-state index in [0.29, 0.717) is 35.8 Å². The molecule has 0 aromatic carbocycles. The van der Waals surface area contributed by atoms with Gasteiger partial charge in [-0.25, -0.2) is 14.6 Å². The Balaban J connectivity index is 2.20. The molecular weight excluding hydrogens is 448 g/mol. The van der Waals surface area contributed by atoms with Crippen LogP contribution in [0.15, 0.2) is 30.9 Å². The van der Waals surface area contributed by atoms with Gasteiger partial charge in [-0.05, 0) is 52.9 Å². The number of hydrogen-bond donors (Lipinski definition) is 1. The summed E-state index contributed by atoms with van der Waals surface area (Å²) >= 11 is 0. The Morgan fingerprint density at radius 3 is 2.51 bits per heavy atom. The van der Waals surface area contributed by atoms with Crippen molar-refractivity contribution in [2.24, 2.45) is 5.41 Å². The third-order valence-corrected chi connectivity index (χ3v) is 6.10. The number of fused-ring (bicyclic) bond motifs is 1. The Hall–Kier alpha value is -3.20. The van der Waals surface area contributed by atoms with Gasteiger partial charge in [0.15, 0.2) is 17.4 Å². The summed E-state index contributed by atoms with van der Waals surface area (Å²) in [5, 5.41) is 13.9. The van der Waals surface area contributed by atoms with Gasteiger partial charge >= 0.3 is 11.9 Å². The molecule has 0 aliphatic carbocycles. The summed E-state index contributed by atoms with van der Waals surface area (Å²) < 4.78 is 13.1. The Morgan fingerprint density at radius 2 is 1.97 bits per heavy atom. The highest BCUT2D eigenvalue weighted by Crippen LogP contribution is 2.39. The fourth-order valence-electron chi connectivity index (χ4n) is 4.32. The number of anilines is 1. The largest absolute Gasteiger partial charge is 0.476 e. The lowest BCUT2D eigenvalue weighted by Crippen LogP contribution is -2.40. The van der Waals surface area contributed by atoms with Gasteiger partial charge in [-0.2, -0.15) is 9.61 Å². The van der Waals surface area contributed by atoms with Crippen LogP contribution in [0, 0.1) is 12.3 Å². The fourth-order valence-corrected chi connectivity index (χ4v) is 4.32. The van der Waals surface area contributed by atoms with Crippen molar-refractivity contribution >= 4 is 23.4 Å². The molecule has 1 aliphatic rings. The molecule has 0 radical (unpaired) electrons. The van der Waals surface area contributed by atoms with Gasteiger partial charge in [-0.3, -0.25) is 0 Å². The van der Waals surface area contributed by atoms with E-state index in [0.717, 1.165) is 12.8 Å². The molecule has 2 aromatic heterocycles. The van der Waals surface area contributed by atoms with Crippen LogP contribution in [0.2, 0.25) is 0 Å². The van der Waals surface area contributed by atoms with Crippen molar-refractivity contribution in [1.82, 2.24) is 14.6 Å². The van der Waals surface area contributed by atoms with E-state index in [2.05, 4.69) is 34.6 Å². The number of allylic oxidation sites excluding steroid dienone is 3. The lowest BCUT2D eigenvalue weighted by molar-refractivity contribution is -0.166. The molecule has 1 aliphatic heterocycles. The van der Waals surface area contributed by atoms with E-state index in [-0.39, 0.29) is 17.7 Å². The molecule has 0 amide bonds. The van der Waals surface area contributed by atoms with Crippen molar-refractivity contribution in [1.29, 1.82) is 0 Å². The number of carbonyl (C=O) groups is 2. The maximum Gasteiger partial charge on any atom is 0.356 e. The second kappa shape index (κ2) is 10.2. The predicted molar refractivity (Wildman–Crippen MR) is 134 cm³/mol. The van der Waals surface area contributed by atoms with Crippen LogP contribution in [-0.2, 0) is 14.3 Å². The van der Waals surface area contributed by atoms with Crippen LogP contribution in [0.4, 0.5) is 5.82 Å². The molecule has 0 bridgehead atoms. The molecule has 1 N–H and O–H groups in total. The molecule has 1 unspecified atom stereocenters. The first-order chi connectivity index (χ1) is 16.4. The number of carboxylic acid groups (broad SMARTS) is 1. The van der Waals surface area contributed by atoms with Gasteiger partial charge in [-0.1, -0.05) is 31.7 Å². The van der Waals surface area contributed by atoms with E-state index in [1.54, 1.807) is 19.9 Å². The molecule has 190 valence electrons. The maximum absolute atomic E-state index is 13.1. The van der Waals surface area contributed by atoms with Crippen molar-refractivity contribution in [3.05, 3.63) is 47.8 Å². The highest BCUT2D eigenvalue weighted by Gasteiger charge is 2.37. The van der Waals surface area contributed by atoms with Crippen LogP contribution in [0.25, 0.3) is 5.65 Å². The standard InChI is InChI=1S/C26H36N4O5/c1-8-10-11-26(7)12-14-29(15-13-26)22-20(21(24(33)34-9-2)35-25(4,5)6)17(3)27-19-16-18(23(31)32)28-30(19)22/h8,10-11,16,21H,1,9,12-15H2,2-7H3,(H,31,32). The average molecular weight is 485 g/mol. The van der Waals surface area contributed by atoms with Gasteiger partial charge in [0.2, 0.25) is 0 Å². The number of carboxylic acids is 1. The monoisotopic (exact) mass is 484 g/mol. The van der Waals surface area contributed by atoms with E-state index in [9.17, 15) is 14.7 Å². The number of piperidine rings is 1. The molecule has 3 rings (SSSR count). The van der Waals surface area contributed by atoms with Crippen LogP contribution >= 0.6 is 0 Å². The number of aryl methyl sites for hydroxylation is 1. The first kappa shape index (κ1) is 26.4. The van der Waals surface area contributed by atoms with Crippen molar-refractivity contribution in [2.75, 3.05) is 24.6 Å². The van der Waals surface area contributed by atoms with E-state index >= 15 is 0 Å². The summed E-state index contributed by atoms with van der Waals surface area (Å²) in [6.07, 6.45) is 6.58. The number of aromatic carboxylic acids is 1. The van der Waals surface area contributed by atoms with Crippen molar-refractivity contribution in [3.63, 3.8) is 0 Å². The summed E-state index contributed by atoms with van der Waals surface area (Å²) in [6.45, 7) is 16.7. The second-order valence-electron chi connectivity index (χ2n) is 10.1. The molecule has 2 aromatic rings. The van der Waals surface area contributed by atoms with Gasteiger partial charge in [0.25, 0.3) is 0 Å². The first-order valence-corrected chi connectivity index (χ1v) is 11.9. The number of rotatable bonds is 8. The summed E-state index contributed by atoms with van der Waals surface area (Å²) in [7, 11) is 0. The Kier molecular flexibility index (Phi) is 7.69. The lowest BCUT2D eigenvalue weighted by Gasteiger charge is -2.40. The molecule has 9 heteroatoms. The zero-order chi connectivity index (χ0) is 26.0. The molecule has 9 nitrogen and oxygen atoms in total. The van der Waals surface area contributed by atoms with E-state index in [4.69, 9.17) is 9.47 Å². The maximum atomic E-state index is 13.1. The molecule has 3 heterocycles. The second-order valence-corrected chi connectivity index (χ2v) is 10.1. The topological polar surface area (TPSA) is 106 Å². The summed E-state index contributed by atoms with van der Waals surface area (Å²) in [4.78, 5) is 31.6. The molecule has 1 atom stereocenters. The zero-order valence-corrected chi connectivity index (χ0v) is 21.5. The van der Waals surface area contributed by atoms with E-state index in [1.807, 2.05) is 26.8 Å². The smallest absolute Gasteiger partial charge is 0.356 e. The number of aromatic nitrogens is 3. The minimum atomic E-state index is -1.14. The normalized spacial score (nSPS) is 17.0. The molecule has 1 saturated heterocycles. The van der Waals surface area contributed by atoms with Crippen LogP contribution in [0.5, 0.6) is 0 Å². The van der Waals surface area contributed by atoms with Crippen molar-refractivity contribution in [2.45, 2.75) is 66.1 Å². The molecule has 0 saturated carbocycles. The van der Waals surface area contributed by atoms with Gasteiger partial charge in [0.05, 0.1) is 17.8 Å². The number of hydrogen-bond acceptors (Lipinski definition) is 7. The van der Waals surface area contributed by atoms with Gasteiger partial charge in [0.1, 0.15) is 5.82 Å². The Morgan fingerprint density at radius 1 is 1.31 bits per heavy atom. The number of nitrogens with zero attached hydrogens (tertiary/aromatic N) is 4. The first-order valence-electron chi connectivity index (χ1n) is 11.9. The summed E-state index contributed by atoms with van der Waals surface area (Å²) in [5.74, 6) is -1.05. The zero-order valence-electron chi connectivity index (χ0n) is 21.5. The SMILES string of the molecule is C=CC=CC1(C)CCN(c2c(C(OC(C)(C)C)C(=O)OCC)c(C)nc3cc(C(=O)O)nn23)CC1.